The molecular weight excluding hydrogens is 250 g/mol. The number of fused-ring (bicyclic) bond motifs is 1. The zero-order valence-electron chi connectivity index (χ0n) is 11.7. The van der Waals surface area contributed by atoms with E-state index >= 15 is 0 Å². The standard InChI is InChI=1S/C17H17NO2/c1-18-15-9-5-3-7-12(15)11-14(17(18)19)13-8-4-6-10-16(13)20-2/h3-10,14H,11H2,1-2H3. The molecule has 1 heterocycles. The Labute approximate surface area is 118 Å². The first kappa shape index (κ1) is 12.7. The number of rotatable bonds is 2. The Kier molecular flexibility index (Phi) is 3.18. The molecule has 0 bridgehead atoms. The topological polar surface area (TPSA) is 29.5 Å². The Hall–Kier alpha value is -2.29. The van der Waals surface area contributed by atoms with E-state index in [1.165, 1.54) is 5.56 Å². The lowest BCUT2D eigenvalue weighted by molar-refractivity contribution is -0.120. The molecule has 1 aliphatic rings. The average molecular weight is 267 g/mol. The van der Waals surface area contributed by atoms with Gasteiger partial charge in [0.15, 0.2) is 0 Å². The Morgan fingerprint density at radius 3 is 2.60 bits per heavy atom. The molecule has 0 N–H and O–H groups in total. The third kappa shape index (κ3) is 1.95. The summed E-state index contributed by atoms with van der Waals surface area (Å²) in [4.78, 5) is 14.4. The van der Waals surface area contributed by atoms with Crippen molar-refractivity contribution in [1.82, 2.24) is 0 Å². The van der Waals surface area contributed by atoms with Crippen molar-refractivity contribution >= 4 is 11.6 Å². The third-order valence-corrected chi connectivity index (χ3v) is 3.92. The highest BCUT2D eigenvalue weighted by atomic mass is 16.5. The van der Waals surface area contributed by atoms with Crippen molar-refractivity contribution in [2.45, 2.75) is 12.3 Å². The average Bonchev–Trinajstić information content (AvgIpc) is 2.51. The van der Waals surface area contributed by atoms with E-state index in [9.17, 15) is 4.79 Å². The predicted octanol–water partition coefficient (Wildman–Crippen LogP) is 3.00. The van der Waals surface area contributed by atoms with Gasteiger partial charge in [0.25, 0.3) is 0 Å². The number of benzene rings is 2. The molecule has 2 aromatic rings. The summed E-state index contributed by atoms with van der Waals surface area (Å²) in [6, 6.07) is 15.8. The van der Waals surface area contributed by atoms with Crippen LogP contribution in [0.25, 0.3) is 0 Å². The molecule has 3 heteroatoms. The van der Waals surface area contributed by atoms with Gasteiger partial charge in [-0.15, -0.1) is 0 Å². The fourth-order valence-corrected chi connectivity index (χ4v) is 2.87. The van der Waals surface area contributed by atoms with Crippen LogP contribution in [-0.4, -0.2) is 20.1 Å². The highest BCUT2D eigenvalue weighted by Gasteiger charge is 2.32. The minimum Gasteiger partial charge on any atom is -0.496 e. The second kappa shape index (κ2) is 5.00. The smallest absolute Gasteiger partial charge is 0.234 e. The van der Waals surface area contributed by atoms with Crippen LogP contribution in [0.3, 0.4) is 0 Å². The molecule has 0 saturated heterocycles. The summed E-state index contributed by atoms with van der Waals surface area (Å²) in [6.45, 7) is 0. The number of hydrogen-bond donors (Lipinski definition) is 0. The minimum atomic E-state index is -0.175. The highest BCUT2D eigenvalue weighted by Crippen LogP contribution is 2.37. The third-order valence-electron chi connectivity index (χ3n) is 3.92. The number of hydrogen-bond acceptors (Lipinski definition) is 2. The summed E-state index contributed by atoms with van der Waals surface area (Å²) in [5, 5.41) is 0. The summed E-state index contributed by atoms with van der Waals surface area (Å²) in [7, 11) is 3.48. The van der Waals surface area contributed by atoms with Crippen molar-refractivity contribution < 1.29 is 9.53 Å². The Morgan fingerprint density at radius 1 is 1.10 bits per heavy atom. The van der Waals surface area contributed by atoms with E-state index in [-0.39, 0.29) is 11.8 Å². The molecule has 102 valence electrons. The van der Waals surface area contributed by atoms with Crippen LogP contribution >= 0.6 is 0 Å². The van der Waals surface area contributed by atoms with Gasteiger partial charge in [-0.05, 0) is 24.1 Å². The van der Waals surface area contributed by atoms with Crippen molar-refractivity contribution in [1.29, 1.82) is 0 Å². The van der Waals surface area contributed by atoms with Crippen LogP contribution in [0.2, 0.25) is 0 Å². The lowest BCUT2D eigenvalue weighted by Gasteiger charge is -2.32. The van der Waals surface area contributed by atoms with Gasteiger partial charge >= 0.3 is 0 Å². The van der Waals surface area contributed by atoms with Gasteiger partial charge in [-0.3, -0.25) is 4.79 Å². The molecule has 0 aromatic heterocycles. The Morgan fingerprint density at radius 2 is 1.80 bits per heavy atom. The molecule has 1 aliphatic heterocycles. The number of para-hydroxylation sites is 2. The molecule has 2 aromatic carbocycles. The number of ether oxygens (including phenoxy) is 1. The fraction of sp³-hybridized carbons (Fsp3) is 0.235. The van der Waals surface area contributed by atoms with E-state index in [2.05, 4.69) is 6.07 Å². The number of anilines is 1. The maximum atomic E-state index is 12.6. The molecule has 0 aliphatic carbocycles. The number of amides is 1. The van der Waals surface area contributed by atoms with Gasteiger partial charge in [-0.25, -0.2) is 0 Å². The van der Waals surface area contributed by atoms with E-state index in [4.69, 9.17) is 4.74 Å². The first-order chi connectivity index (χ1) is 9.72. The highest BCUT2D eigenvalue weighted by molar-refractivity contribution is 6.01. The molecule has 0 radical (unpaired) electrons. The van der Waals surface area contributed by atoms with Gasteiger partial charge in [0.2, 0.25) is 5.91 Å². The van der Waals surface area contributed by atoms with Gasteiger partial charge in [0, 0.05) is 18.3 Å². The maximum absolute atomic E-state index is 12.6. The van der Waals surface area contributed by atoms with Crippen LogP contribution in [0.5, 0.6) is 5.75 Å². The SMILES string of the molecule is COc1ccccc1C1Cc2ccccc2N(C)C1=O. The molecule has 0 spiro atoms. The predicted molar refractivity (Wildman–Crippen MR) is 79.3 cm³/mol. The first-order valence-electron chi connectivity index (χ1n) is 6.70. The number of carbonyl (C=O) groups excluding carboxylic acids is 1. The van der Waals surface area contributed by atoms with E-state index in [1.54, 1.807) is 12.0 Å². The lowest BCUT2D eigenvalue weighted by atomic mass is 9.86. The van der Waals surface area contributed by atoms with E-state index in [0.717, 1.165) is 23.4 Å². The van der Waals surface area contributed by atoms with Crippen molar-refractivity contribution in [3.05, 3.63) is 59.7 Å². The van der Waals surface area contributed by atoms with Gasteiger partial charge in [0.1, 0.15) is 5.75 Å². The Bertz CT molecular complexity index is 651. The van der Waals surface area contributed by atoms with Gasteiger partial charge in [-0.1, -0.05) is 36.4 Å². The Balaban J connectivity index is 2.06. The van der Waals surface area contributed by atoms with E-state index < -0.39 is 0 Å². The summed E-state index contributed by atoms with van der Waals surface area (Å²) < 4.78 is 5.40. The molecule has 1 atom stereocenters. The molecule has 0 fully saturated rings. The minimum absolute atomic E-state index is 0.119. The monoisotopic (exact) mass is 267 g/mol. The van der Waals surface area contributed by atoms with Crippen LogP contribution in [0, 0.1) is 0 Å². The maximum Gasteiger partial charge on any atom is 0.234 e. The van der Waals surface area contributed by atoms with Crippen LogP contribution in [0.4, 0.5) is 5.69 Å². The molecule has 20 heavy (non-hydrogen) atoms. The normalized spacial score (nSPS) is 17.8. The molecule has 3 rings (SSSR count). The van der Waals surface area contributed by atoms with Crippen molar-refractivity contribution in [2.75, 3.05) is 19.1 Å². The summed E-state index contributed by atoms with van der Waals surface area (Å²) >= 11 is 0. The van der Waals surface area contributed by atoms with Gasteiger partial charge in [-0.2, -0.15) is 0 Å². The van der Waals surface area contributed by atoms with Crippen LogP contribution in [-0.2, 0) is 11.2 Å². The van der Waals surface area contributed by atoms with Crippen LogP contribution in [0.15, 0.2) is 48.5 Å². The van der Waals surface area contributed by atoms with Crippen molar-refractivity contribution in [2.24, 2.45) is 0 Å². The summed E-state index contributed by atoms with van der Waals surface area (Å²) in [5.41, 5.74) is 3.16. The van der Waals surface area contributed by atoms with Crippen LogP contribution < -0.4 is 9.64 Å². The van der Waals surface area contributed by atoms with E-state index in [0.29, 0.717) is 0 Å². The van der Waals surface area contributed by atoms with E-state index in [1.807, 2.05) is 49.5 Å². The van der Waals surface area contributed by atoms with Crippen LogP contribution in [0.1, 0.15) is 17.0 Å². The summed E-state index contributed by atoms with van der Waals surface area (Å²) in [5.74, 6) is 0.720. The number of nitrogens with zero attached hydrogens (tertiary/aromatic N) is 1. The number of likely N-dealkylation sites (N-methyl/N-ethyl adjacent to an activating group) is 1. The van der Waals surface area contributed by atoms with Gasteiger partial charge in [0.05, 0.1) is 13.0 Å². The second-order valence-electron chi connectivity index (χ2n) is 5.02. The zero-order chi connectivity index (χ0) is 14.1. The molecular formula is C17H17NO2. The number of carbonyl (C=O) groups is 1. The van der Waals surface area contributed by atoms with Crippen molar-refractivity contribution in [3.63, 3.8) is 0 Å². The van der Waals surface area contributed by atoms with Crippen molar-refractivity contribution in [3.8, 4) is 5.75 Å². The molecule has 3 nitrogen and oxygen atoms in total. The van der Waals surface area contributed by atoms with Gasteiger partial charge < -0.3 is 9.64 Å². The molecule has 1 amide bonds. The number of methoxy groups -OCH3 is 1. The molecule has 1 unspecified atom stereocenters. The molecule has 0 saturated carbocycles. The zero-order valence-corrected chi connectivity index (χ0v) is 11.7. The fourth-order valence-electron chi connectivity index (χ4n) is 2.87. The quantitative estimate of drug-likeness (QED) is 0.837. The largest absolute Gasteiger partial charge is 0.496 e. The second-order valence-corrected chi connectivity index (χ2v) is 5.02. The first-order valence-corrected chi connectivity index (χ1v) is 6.70. The lowest BCUT2D eigenvalue weighted by Crippen LogP contribution is -2.37. The summed E-state index contributed by atoms with van der Waals surface area (Å²) in [6.07, 6.45) is 0.722.